The van der Waals surface area contributed by atoms with E-state index in [9.17, 15) is 9.90 Å². The highest BCUT2D eigenvalue weighted by atomic mass is 16.3. The Bertz CT molecular complexity index is 450. The van der Waals surface area contributed by atoms with Gasteiger partial charge >= 0.3 is 6.03 Å². The van der Waals surface area contributed by atoms with Gasteiger partial charge < -0.3 is 15.7 Å². The van der Waals surface area contributed by atoms with Crippen molar-refractivity contribution in [3.63, 3.8) is 0 Å². The summed E-state index contributed by atoms with van der Waals surface area (Å²) < 4.78 is 0. The van der Waals surface area contributed by atoms with Gasteiger partial charge in [0.2, 0.25) is 0 Å². The highest BCUT2D eigenvalue weighted by molar-refractivity contribution is 5.74. The van der Waals surface area contributed by atoms with Gasteiger partial charge in [-0.2, -0.15) is 0 Å². The lowest BCUT2D eigenvalue weighted by molar-refractivity contribution is 0.0943. The number of hydrogen-bond acceptors (Lipinski definition) is 3. The lowest BCUT2D eigenvalue weighted by Gasteiger charge is -2.28. The van der Waals surface area contributed by atoms with Crippen molar-refractivity contribution in [1.29, 1.82) is 0 Å². The normalized spacial score (nSPS) is 22.3. The van der Waals surface area contributed by atoms with Gasteiger partial charge in [-0.15, -0.1) is 0 Å². The van der Waals surface area contributed by atoms with Crippen molar-refractivity contribution in [3.8, 4) is 0 Å². The quantitative estimate of drug-likeness (QED) is 0.785. The van der Waals surface area contributed by atoms with Crippen molar-refractivity contribution in [1.82, 2.24) is 15.6 Å². The fourth-order valence-electron chi connectivity index (χ4n) is 2.62. The number of rotatable bonds is 4. The zero-order chi connectivity index (χ0) is 14.4. The minimum atomic E-state index is -0.415. The molecule has 2 amide bonds. The Morgan fingerprint density at radius 3 is 2.95 bits per heavy atom. The number of amides is 2. The van der Waals surface area contributed by atoms with Gasteiger partial charge in [-0.3, -0.25) is 4.98 Å². The standard InChI is InChI=1S/C15H23N3O2/c1-2-11-9-16-8-7-12(11)10-17-15(20)18-13-5-3-4-6-14(13)19/h7-9,13-14,19H,2-6,10H2,1H3,(H2,17,18,20)/t13-,14-/m0/s1. The van der Waals surface area contributed by atoms with Gasteiger partial charge in [-0.1, -0.05) is 19.8 Å². The maximum atomic E-state index is 11.9. The summed E-state index contributed by atoms with van der Waals surface area (Å²) in [7, 11) is 0. The predicted molar refractivity (Wildman–Crippen MR) is 77.2 cm³/mol. The fourth-order valence-corrected chi connectivity index (χ4v) is 2.62. The Balaban J connectivity index is 1.82. The number of nitrogens with one attached hydrogen (secondary N) is 2. The molecule has 0 radical (unpaired) electrons. The zero-order valence-electron chi connectivity index (χ0n) is 11.9. The van der Waals surface area contributed by atoms with Crippen LogP contribution in [-0.2, 0) is 13.0 Å². The van der Waals surface area contributed by atoms with Gasteiger partial charge in [-0.05, 0) is 36.5 Å². The molecule has 5 heteroatoms. The molecule has 2 rings (SSSR count). The van der Waals surface area contributed by atoms with E-state index in [1.807, 2.05) is 12.3 Å². The van der Waals surface area contributed by atoms with E-state index in [1.54, 1.807) is 6.20 Å². The minimum absolute atomic E-state index is 0.119. The predicted octanol–water partition coefficient (Wildman–Crippen LogP) is 1.75. The molecule has 0 saturated heterocycles. The first kappa shape index (κ1) is 14.8. The lowest BCUT2D eigenvalue weighted by atomic mass is 9.93. The number of aryl methyl sites for hydroxylation is 1. The van der Waals surface area contributed by atoms with Crippen molar-refractivity contribution >= 4 is 6.03 Å². The molecule has 0 spiro atoms. The summed E-state index contributed by atoms with van der Waals surface area (Å²) in [5.74, 6) is 0. The Hall–Kier alpha value is -1.62. The van der Waals surface area contributed by atoms with E-state index in [0.29, 0.717) is 6.54 Å². The molecule has 1 saturated carbocycles. The first-order valence-electron chi connectivity index (χ1n) is 7.35. The molecule has 1 aromatic heterocycles. The molecule has 1 aromatic rings. The maximum Gasteiger partial charge on any atom is 0.315 e. The summed E-state index contributed by atoms with van der Waals surface area (Å²) >= 11 is 0. The molecular formula is C15H23N3O2. The molecule has 1 fully saturated rings. The second kappa shape index (κ2) is 7.24. The zero-order valence-corrected chi connectivity index (χ0v) is 11.9. The van der Waals surface area contributed by atoms with E-state index in [2.05, 4.69) is 22.5 Å². The van der Waals surface area contributed by atoms with Crippen LogP contribution in [0.3, 0.4) is 0 Å². The average Bonchev–Trinajstić information content (AvgIpc) is 2.48. The molecule has 0 bridgehead atoms. The van der Waals surface area contributed by atoms with Crippen molar-refractivity contribution in [3.05, 3.63) is 29.6 Å². The summed E-state index contributed by atoms with van der Waals surface area (Å²) in [4.78, 5) is 16.0. The largest absolute Gasteiger partial charge is 0.391 e. The molecule has 5 nitrogen and oxygen atoms in total. The molecule has 1 aliphatic carbocycles. The number of aliphatic hydroxyl groups is 1. The number of pyridine rings is 1. The van der Waals surface area contributed by atoms with E-state index >= 15 is 0 Å². The molecule has 0 unspecified atom stereocenters. The molecule has 110 valence electrons. The number of urea groups is 1. The molecule has 20 heavy (non-hydrogen) atoms. The minimum Gasteiger partial charge on any atom is -0.391 e. The van der Waals surface area contributed by atoms with Crippen LogP contribution in [0.2, 0.25) is 0 Å². The van der Waals surface area contributed by atoms with Crippen molar-refractivity contribution in [2.45, 2.75) is 57.7 Å². The van der Waals surface area contributed by atoms with Crippen molar-refractivity contribution in [2.75, 3.05) is 0 Å². The Kier molecular flexibility index (Phi) is 5.35. The van der Waals surface area contributed by atoms with E-state index in [0.717, 1.165) is 43.2 Å². The maximum absolute atomic E-state index is 11.9. The van der Waals surface area contributed by atoms with Crippen LogP contribution >= 0.6 is 0 Å². The summed E-state index contributed by atoms with van der Waals surface area (Å²) in [6.45, 7) is 2.55. The Morgan fingerprint density at radius 1 is 1.40 bits per heavy atom. The van der Waals surface area contributed by atoms with Gasteiger partial charge in [0.05, 0.1) is 12.1 Å². The Morgan fingerprint density at radius 2 is 2.20 bits per heavy atom. The third kappa shape index (κ3) is 3.93. The first-order chi connectivity index (χ1) is 9.70. The van der Waals surface area contributed by atoms with E-state index < -0.39 is 6.10 Å². The number of aliphatic hydroxyl groups excluding tert-OH is 1. The van der Waals surface area contributed by atoms with Crippen LogP contribution in [0.15, 0.2) is 18.5 Å². The Labute approximate surface area is 119 Å². The van der Waals surface area contributed by atoms with Gasteiger partial charge in [0.25, 0.3) is 0 Å². The second-order valence-electron chi connectivity index (χ2n) is 5.28. The van der Waals surface area contributed by atoms with Crippen LogP contribution < -0.4 is 10.6 Å². The summed E-state index contributed by atoms with van der Waals surface area (Å²) in [6, 6.07) is 1.59. The van der Waals surface area contributed by atoms with Crippen molar-refractivity contribution < 1.29 is 9.90 Å². The number of hydrogen-bond donors (Lipinski definition) is 3. The molecule has 1 heterocycles. The van der Waals surface area contributed by atoms with Crippen LogP contribution in [0, 0.1) is 0 Å². The van der Waals surface area contributed by atoms with Gasteiger partial charge in [0.15, 0.2) is 0 Å². The molecular weight excluding hydrogens is 254 g/mol. The number of aromatic nitrogens is 1. The summed E-state index contributed by atoms with van der Waals surface area (Å²) in [6.07, 6.45) is 7.78. The lowest BCUT2D eigenvalue weighted by Crippen LogP contribution is -2.48. The SMILES string of the molecule is CCc1cnccc1CNC(=O)N[C@H]1CCCC[C@@H]1O. The third-order valence-corrected chi connectivity index (χ3v) is 3.87. The number of nitrogens with zero attached hydrogens (tertiary/aromatic N) is 1. The van der Waals surface area contributed by atoms with Gasteiger partial charge in [-0.25, -0.2) is 4.79 Å². The van der Waals surface area contributed by atoms with Crippen molar-refractivity contribution in [2.24, 2.45) is 0 Å². The summed E-state index contributed by atoms with van der Waals surface area (Å²) in [5, 5.41) is 15.5. The highest BCUT2D eigenvalue weighted by Gasteiger charge is 2.24. The van der Waals surface area contributed by atoms with Crippen LogP contribution in [0.5, 0.6) is 0 Å². The van der Waals surface area contributed by atoms with E-state index in [4.69, 9.17) is 0 Å². The molecule has 3 N–H and O–H groups in total. The van der Waals surface area contributed by atoms with Crippen LogP contribution in [0.25, 0.3) is 0 Å². The third-order valence-electron chi connectivity index (χ3n) is 3.87. The van der Waals surface area contributed by atoms with E-state index in [1.165, 1.54) is 0 Å². The summed E-state index contributed by atoms with van der Waals surface area (Å²) in [5.41, 5.74) is 2.23. The monoisotopic (exact) mass is 277 g/mol. The van der Waals surface area contributed by atoms with Crippen LogP contribution in [0.4, 0.5) is 4.79 Å². The number of carbonyl (C=O) groups excluding carboxylic acids is 1. The van der Waals surface area contributed by atoms with Gasteiger partial charge in [0, 0.05) is 18.9 Å². The van der Waals surface area contributed by atoms with E-state index in [-0.39, 0.29) is 12.1 Å². The van der Waals surface area contributed by atoms with Gasteiger partial charge in [0.1, 0.15) is 0 Å². The molecule has 1 aliphatic rings. The average molecular weight is 277 g/mol. The topological polar surface area (TPSA) is 74.2 Å². The highest BCUT2D eigenvalue weighted by Crippen LogP contribution is 2.18. The number of carbonyl (C=O) groups is 1. The molecule has 0 aromatic carbocycles. The molecule has 0 aliphatic heterocycles. The fraction of sp³-hybridized carbons (Fsp3) is 0.600. The molecule has 2 atom stereocenters. The second-order valence-corrected chi connectivity index (χ2v) is 5.28. The smallest absolute Gasteiger partial charge is 0.315 e. The van der Waals surface area contributed by atoms with Crippen LogP contribution in [-0.4, -0.2) is 28.3 Å². The first-order valence-corrected chi connectivity index (χ1v) is 7.35. The van der Waals surface area contributed by atoms with Crippen LogP contribution in [0.1, 0.15) is 43.7 Å².